The summed E-state index contributed by atoms with van der Waals surface area (Å²) in [5.74, 6) is 0.778. The van der Waals surface area contributed by atoms with E-state index in [1.165, 1.54) is 4.88 Å². The zero-order valence-electron chi connectivity index (χ0n) is 15.6. The number of nitrogens with zero attached hydrogens (tertiary/aromatic N) is 3. The fourth-order valence-electron chi connectivity index (χ4n) is 2.32. The quantitative estimate of drug-likeness (QED) is 0.374. The molecule has 2 aromatic rings. The lowest BCUT2D eigenvalue weighted by molar-refractivity contribution is 0.0827. The molecule has 0 fully saturated rings. The van der Waals surface area contributed by atoms with Crippen LogP contribution in [-0.4, -0.2) is 49.4 Å². The van der Waals surface area contributed by atoms with Crippen molar-refractivity contribution in [1.29, 1.82) is 0 Å². The molecule has 0 bridgehead atoms. The Morgan fingerprint density at radius 1 is 1.31 bits per heavy atom. The molecule has 26 heavy (non-hydrogen) atoms. The summed E-state index contributed by atoms with van der Waals surface area (Å²) in [5.41, 5.74) is 4.74. The number of halogens is 1. The first-order valence-corrected chi connectivity index (χ1v) is 9.03. The predicted octanol–water partition coefficient (Wildman–Crippen LogP) is 2.68. The van der Waals surface area contributed by atoms with E-state index in [0.717, 1.165) is 30.2 Å². The number of hydrogen-bond donors (Lipinski definition) is 2. The van der Waals surface area contributed by atoms with Gasteiger partial charge in [0.2, 0.25) is 0 Å². The van der Waals surface area contributed by atoms with Gasteiger partial charge in [0.25, 0.3) is 5.91 Å². The number of carbonyl (C=O) groups is 1. The molecule has 0 atom stereocenters. The van der Waals surface area contributed by atoms with Gasteiger partial charge in [0.15, 0.2) is 5.96 Å². The first-order valence-electron chi connectivity index (χ1n) is 8.15. The molecule has 1 aromatic carbocycles. The van der Waals surface area contributed by atoms with Gasteiger partial charge in [-0.3, -0.25) is 9.79 Å². The second-order valence-corrected chi connectivity index (χ2v) is 6.80. The third kappa shape index (κ3) is 6.56. The summed E-state index contributed by atoms with van der Waals surface area (Å²) < 4.78 is 0. The largest absolute Gasteiger partial charge is 0.356 e. The molecule has 1 heterocycles. The van der Waals surface area contributed by atoms with Crippen LogP contribution in [0.4, 0.5) is 0 Å². The Hall–Kier alpha value is -1.68. The minimum absolute atomic E-state index is 0. The van der Waals surface area contributed by atoms with Crippen LogP contribution in [0.2, 0.25) is 0 Å². The number of aryl methyl sites for hydroxylation is 1. The van der Waals surface area contributed by atoms with Crippen LogP contribution >= 0.6 is 35.3 Å². The van der Waals surface area contributed by atoms with E-state index >= 15 is 0 Å². The average molecular weight is 487 g/mol. The molecule has 0 saturated carbocycles. The fraction of sp³-hybridized carbons (Fsp3) is 0.389. The number of carbonyl (C=O) groups excluding carboxylic acids is 1. The van der Waals surface area contributed by atoms with E-state index in [2.05, 4.69) is 20.6 Å². The van der Waals surface area contributed by atoms with E-state index in [1.807, 2.05) is 36.7 Å². The van der Waals surface area contributed by atoms with Crippen molar-refractivity contribution in [1.82, 2.24) is 20.5 Å². The van der Waals surface area contributed by atoms with Gasteiger partial charge in [-0.2, -0.15) is 0 Å². The van der Waals surface area contributed by atoms with Crippen molar-refractivity contribution in [3.05, 3.63) is 51.5 Å². The number of amides is 1. The number of nitrogens with one attached hydrogen (secondary N) is 2. The SMILES string of the molecule is CN=C(NCCc1cccc(C(=O)N(C)C)c1)NCc1scnc1C.I. The van der Waals surface area contributed by atoms with E-state index in [4.69, 9.17) is 0 Å². The Bertz CT molecular complexity index is 745. The van der Waals surface area contributed by atoms with E-state index < -0.39 is 0 Å². The van der Waals surface area contributed by atoms with E-state index in [9.17, 15) is 4.79 Å². The maximum atomic E-state index is 12.0. The van der Waals surface area contributed by atoms with Crippen molar-refractivity contribution in [2.24, 2.45) is 4.99 Å². The Morgan fingerprint density at radius 3 is 2.69 bits per heavy atom. The van der Waals surface area contributed by atoms with Gasteiger partial charge in [-0.1, -0.05) is 12.1 Å². The first-order chi connectivity index (χ1) is 12.0. The molecule has 0 aliphatic carbocycles. The minimum Gasteiger partial charge on any atom is -0.356 e. The normalized spacial score (nSPS) is 10.8. The van der Waals surface area contributed by atoms with Crippen LogP contribution < -0.4 is 10.6 Å². The lowest BCUT2D eigenvalue weighted by Crippen LogP contribution is -2.37. The van der Waals surface area contributed by atoms with Crippen LogP contribution in [0.25, 0.3) is 0 Å². The number of rotatable bonds is 6. The number of benzene rings is 1. The Kier molecular flexibility index (Phi) is 9.57. The van der Waals surface area contributed by atoms with Crippen LogP contribution in [0.1, 0.15) is 26.5 Å². The zero-order valence-corrected chi connectivity index (χ0v) is 18.7. The summed E-state index contributed by atoms with van der Waals surface area (Å²) >= 11 is 1.64. The van der Waals surface area contributed by atoms with Crippen molar-refractivity contribution < 1.29 is 4.79 Å². The number of aliphatic imine (C=N–C) groups is 1. The second-order valence-electron chi connectivity index (χ2n) is 5.86. The highest BCUT2D eigenvalue weighted by Gasteiger charge is 2.08. The van der Waals surface area contributed by atoms with Crippen molar-refractivity contribution in [3.63, 3.8) is 0 Å². The molecule has 2 rings (SSSR count). The molecule has 0 unspecified atom stereocenters. The molecule has 1 aromatic heterocycles. The van der Waals surface area contributed by atoms with E-state index in [1.54, 1.807) is 37.4 Å². The zero-order chi connectivity index (χ0) is 18.2. The summed E-state index contributed by atoms with van der Waals surface area (Å²) in [4.78, 5) is 23.3. The monoisotopic (exact) mass is 487 g/mol. The molecule has 0 spiro atoms. The number of hydrogen-bond acceptors (Lipinski definition) is 4. The van der Waals surface area contributed by atoms with Crippen molar-refractivity contribution in [3.8, 4) is 0 Å². The van der Waals surface area contributed by atoms with Gasteiger partial charge in [0.05, 0.1) is 17.7 Å². The summed E-state index contributed by atoms with van der Waals surface area (Å²) in [6.45, 7) is 3.45. The lowest BCUT2D eigenvalue weighted by atomic mass is 10.1. The molecule has 0 saturated heterocycles. The topological polar surface area (TPSA) is 69.6 Å². The average Bonchev–Trinajstić information content (AvgIpc) is 3.02. The summed E-state index contributed by atoms with van der Waals surface area (Å²) in [6, 6.07) is 7.74. The summed E-state index contributed by atoms with van der Waals surface area (Å²) in [6.07, 6.45) is 0.814. The van der Waals surface area contributed by atoms with Crippen LogP contribution in [0.15, 0.2) is 34.8 Å². The van der Waals surface area contributed by atoms with E-state index in [-0.39, 0.29) is 29.9 Å². The molecule has 8 heteroatoms. The molecule has 1 amide bonds. The van der Waals surface area contributed by atoms with Gasteiger partial charge in [-0.25, -0.2) is 4.98 Å². The van der Waals surface area contributed by atoms with E-state index in [0.29, 0.717) is 12.1 Å². The number of aromatic nitrogens is 1. The highest BCUT2D eigenvalue weighted by Crippen LogP contribution is 2.11. The molecule has 6 nitrogen and oxygen atoms in total. The highest BCUT2D eigenvalue weighted by molar-refractivity contribution is 14.0. The first kappa shape index (κ1) is 22.4. The predicted molar refractivity (Wildman–Crippen MR) is 119 cm³/mol. The standard InChI is InChI=1S/C18H25N5OS.HI/c1-13-16(25-12-22-13)11-21-18(19-2)20-9-8-14-6-5-7-15(10-14)17(24)23(3)4;/h5-7,10,12H,8-9,11H2,1-4H3,(H2,19,20,21);1H. The molecular weight excluding hydrogens is 461 g/mol. The lowest BCUT2D eigenvalue weighted by Gasteiger charge is -2.13. The minimum atomic E-state index is 0. The molecule has 0 aliphatic heterocycles. The van der Waals surface area contributed by atoms with Gasteiger partial charge in [-0.05, 0) is 31.0 Å². The molecule has 0 aliphatic rings. The molecule has 142 valence electrons. The van der Waals surface area contributed by atoms with Gasteiger partial charge in [-0.15, -0.1) is 35.3 Å². The second kappa shape index (κ2) is 11.1. The number of thiazole rings is 1. The molecule has 2 N–H and O–H groups in total. The third-order valence-corrected chi connectivity index (χ3v) is 4.71. The Labute approximate surface area is 176 Å². The van der Waals surface area contributed by atoms with Crippen LogP contribution in [0, 0.1) is 6.92 Å². The summed E-state index contributed by atoms with van der Waals surface area (Å²) in [5, 5.41) is 6.59. The fourth-order valence-corrected chi connectivity index (χ4v) is 3.04. The van der Waals surface area contributed by atoms with Crippen molar-refractivity contribution >= 4 is 47.2 Å². The van der Waals surface area contributed by atoms with Gasteiger partial charge >= 0.3 is 0 Å². The van der Waals surface area contributed by atoms with Crippen LogP contribution in [0.5, 0.6) is 0 Å². The van der Waals surface area contributed by atoms with Crippen molar-refractivity contribution in [2.45, 2.75) is 19.9 Å². The highest BCUT2D eigenvalue weighted by atomic mass is 127. The maximum Gasteiger partial charge on any atom is 0.253 e. The van der Waals surface area contributed by atoms with Gasteiger partial charge in [0, 0.05) is 38.1 Å². The Balaban J connectivity index is 0.00000338. The third-order valence-electron chi connectivity index (χ3n) is 3.77. The van der Waals surface area contributed by atoms with Gasteiger partial charge in [0.1, 0.15) is 0 Å². The van der Waals surface area contributed by atoms with Crippen molar-refractivity contribution in [2.75, 3.05) is 27.7 Å². The van der Waals surface area contributed by atoms with Crippen LogP contribution in [-0.2, 0) is 13.0 Å². The molecule has 0 radical (unpaired) electrons. The van der Waals surface area contributed by atoms with Gasteiger partial charge < -0.3 is 15.5 Å². The van der Waals surface area contributed by atoms with Crippen LogP contribution in [0.3, 0.4) is 0 Å². The maximum absolute atomic E-state index is 12.0. The Morgan fingerprint density at radius 2 is 2.08 bits per heavy atom. The number of guanidine groups is 1. The summed E-state index contributed by atoms with van der Waals surface area (Å²) in [7, 11) is 5.28. The smallest absolute Gasteiger partial charge is 0.253 e. The molecular formula is C18H26IN5OS.